The lowest BCUT2D eigenvalue weighted by molar-refractivity contribution is -0.166. The summed E-state index contributed by atoms with van der Waals surface area (Å²) >= 11 is 0. The Labute approximate surface area is 170 Å². The predicted octanol–water partition coefficient (Wildman–Crippen LogP) is 2.01. The van der Waals surface area contributed by atoms with Gasteiger partial charge in [0.15, 0.2) is 6.61 Å². The van der Waals surface area contributed by atoms with Gasteiger partial charge < -0.3 is 14.4 Å². The highest BCUT2D eigenvalue weighted by Gasteiger charge is 2.57. The molecule has 4 aliphatic carbocycles. The van der Waals surface area contributed by atoms with Gasteiger partial charge in [-0.3, -0.25) is 14.9 Å². The number of hydrogen-bond donors (Lipinski definition) is 1. The van der Waals surface area contributed by atoms with Crippen molar-refractivity contribution in [1.82, 2.24) is 10.2 Å². The van der Waals surface area contributed by atoms with Crippen LogP contribution in [0.2, 0.25) is 0 Å². The molecule has 8 heteroatoms. The summed E-state index contributed by atoms with van der Waals surface area (Å²) in [6.45, 7) is 1.77. The van der Waals surface area contributed by atoms with Crippen molar-refractivity contribution in [3.8, 4) is 0 Å². The van der Waals surface area contributed by atoms with E-state index in [0.717, 1.165) is 25.7 Å². The molecule has 1 saturated heterocycles. The molecule has 0 unspecified atom stereocenters. The van der Waals surface area contributed by atoms with Crippen LogP contribution in [0.1, 0.15) is 58.3 Å². The molecule has 0 aromatic heterocycles. The summed E-state index contributed by atoms with van der Waals surface area (Å²) in [6, 6.07) is -0.633. The van der Waals surface area contributed by atoms with Crippen molar-refractivity contribution in [3.05, 3.63) is 0 Å². The second kappa shape index (κ2) is 7.95. The molecule has 29 heavy (non-hydrogen) atoms. The Morgan fingerprint density at radius 2 is 1.62 bits per heavy atom. The molecule has 0 aromatic carbocycles. The van der Waals surface area contributed by atoms with E-state index in [2.05, 4.69) is 4.74 Å². The van der Waals surface area contributed by atoms with Crippen LogP contribution in [0.3, 0.4) is 0 Å². The van der Waals surface area contributed by atoms with Crippen molar-refractivity contribution in [3.63, 3.8) is 0 Å². The number of imide groups is 1. The van der Waals surface area contributed by atoms with E-state index in [0.29, 0.717) is 30.7 Å². The number of nitrogens with zero attached hydrogens (tertiary/aromatic N) is 1. The molecule has 1 N–H and O–H groups in total. The monoisotopic (exact) mass is 406 g/mol. The molecule has 1 atom stereocenters. The van der Waals surface area contributed by atoms with Crippen LogP contribution in [0.4, 0.5) is 4.79 Å². The van der Waals surface area contributed by atoms with E-state index in [1.165, 1.54) is 19.3 Å². The molecular formula is C21H30N2O6. The smallest absolute Gasteiger partial charge is 0.413 e. The van der Waals surface area contributed by atoms with Crippen LogP contribution in [0, 0.1) is 23.2 Å². The molecular weight excluding hydrogens is 376 g/mol. The zero-order valence-corrected chi connectivity index (χ0v) is 17.0. The number of nitrogens with one attached hydrogen (secondary N) is 1. The number of likely N-dealkylation sites (tertiary alicyclic amines) is 1. The van der Waals surface area contributed by atoms with E-state index in [-0.39, 0.29) is 17.9 Å². The first-order valence-electron chi connectivity index (χ1n) is 10.8. The van der Waals surface area contributed by atoms with Crippen molar-refractivity contribution >= 4 is 23.9 Å². The van der Waals surface area contributed by atoms with Crippen LogP contribution >= 0.6 is 0 Å². The number of hydrogen-bond acceptors (Lipinski definition) is 6. The Balaban J connectivity index is 1.35. The average Bonchev–Trinajstić information content (AvgIpc) is 3.14. The highest BCUT2D eigenvalue weighted by atomic mass is 16.6. The van der Waals surface area contributed by atoms with E-state index in [1.54, 1.807) is 11.8 Å². The summed E-state index contributed by atoms with van der Waals surface area (Å²) in [6.07, 6.45) is 7.08. The first kappa shape index (κ1) is 20.2. The fourth-order valence-electron chi connectivity index (χ4n) is 6.48. The van der Waals surface area contributed by atoms with E-state index in [9.17, 15) is 19.2 Å². The van der Waals surface area contributed by atoms with Crippen molar-refractivity contribution in [2.45, 2.75) is 64.3 Å². The number of carbonyl (C=O) groups is 4. The van der Waals surface area contributed by atoms with E-state index >= 15 is 0 Å². The van der Waals surface area contributed by atoms with E-state index < -0.39 is 30.6 Å². The van der Waals surface area contributed by atoms with Gasteiger partial charge >= 0.3 is 12.1 Å². The third-order valence-corrected chi connectivity index (χ3v) is 7.14. The number of esters is 1. The Hall–Kier alpha value is -2.12. The number of rotatable bonds is 5. The predicted molar refractivity (Wildman–Crippen MR) is 101 cm³/mol. The fourth-order valence-corrected chi connectivity index (χ4v) is 6.48. The molecule has 0 spiro atoms. The average molecular weight is 406 g/mol. The van der Waals surface area contributed by atoms with Crippen LogP contribution in [0.25, 0.3) is 0 Å². The maximum absolute atomic E-state index is 13.5. The maximum atomic E-state index is 13.5. The fraction of sp³-hybridized carbons (Fsp3) is 0.810. The molecule has 1 aliphatic heterocycles. The number of ether oxygens (including phenoxy) is 2. The largest absolute Gasteiger partial charge is 0.454 e. The molecule has 160 valence electrons. The lowest BCUT2D eigenvalue weighted by Gasteiger charge is -2.56. The first-order chi connectivity index (χ1) is 13.9. The van der Waals surface area contributed by atoms with E-state index in [4.69, 9.17) is 4.74 Å². The summed E-state index contributed by atoms with van der Waals surface area (Å²) in [7, 11) is 0. The summed E-state index contributed by atoms with van der Waals surface area (Å²) in [5.74, 6) is 0.778. The van der Waals surface area contributed by atoms with Crippen molar-refractivity contribution < 1.29 is 28.7 Å². The third-order valence-electron chi connectivity index (χ3n) is 7.14. The summed E-state index contributed by atoms with van der Waals surface area (Å²) in [5, 5.41) is 1.99. The Bertz CT molecular complexity index is 670. The van der Waals surface area contributed by atoms with Gasteiger partial charge in [0, 0.05) is 6.54 Å². The zero-order chi connectivity index (χ0) is 20.6. The SMILES string of the molecule is CCOC(=O)NC(=O)COC(=O)[C@@H]1CCCN1C(=O)C12CC3CC(CC(C3)C1)C2. The van der Waals surface area contributed by atoms with Gasteiger partial charge in [0.1, 0.15) is 6.04 Å². The quantitative estimate of drug-likeness (QED) is 0.701. The number of alkyl carbamates (subject to hydrolysis) is 1. The lowest BCUT2D eigenvalue weighted by Crippen LogP contribution is -2.56. The zero-order valence-electron chi connectivity index (χ0n) is 17.0. The Morgan fingerprint density at radius 1 is 1.00 bits per heavy atom. The second-order valence-electron chi connectivity index (χ2n) is 9.23. The number of amides is 3. The molecule has 5 rings (SSSR count). The minimum Gasteiger partial charge on any atom is -0.454 e. The van der Waals surface area contributed by atoms with Crippen LogP contribution < -0.4 is 5.32 Å². The summed E-state index contributed by atoms with van der Waals surface area (Å²) in [4.78, 5) is 50.8. The van der Waals surface area contributed by atoms with Crippen LogP contribution in [-0.4, -0.2) is 54.6 Å². The van der Waals surface area contributed by atoms with Crippen molar-refractivity contribution in [2.24, 2.45) is 23.2 Å². The minimum absolute atomic E-state index is 0.118. The normalized spacial score (nSPS) is 34.7. The van der Waals surface area contributed by atoms with Gasteiger partial charge in [-0.15, -0.1) is 0 Å². The van der Waals surface area contributed by atoms with Gasteiger partial charge in [-0.05, 0) is 76.0 Å². The molecule has 4 bridgehead atoms. The minimum atomic E-state index is -0.868. The second-order valence-corrected chi connectivity index (χ2v) is 9.23. The first-order valence-corrected chi connectivity index (χ1v) is 10.8. The summed E-state index contributed by atoms with van der Waals surface area (Å²) < 4.78 is 9.73. The van der Waals surface area contributed by atoms with E-state index in [1.807, 2.05) is 5.32 Å². The van der Waals surface area contributed by atoms with Crippen LogP contribution in [0.15, 0.2) is 0 Å². The van der Waals surface area contributed by atoms with Gasteiger partial charge in [-0.25, -0.2) is 9.59 Å². The van der Waals surface area contributed by atoms with Crippen molar-refractivity contribution in [1.29, 1.82) is 0 Å². The molecule has 5 fully saturated rings. The van der Waals surface area contributed by atoms with Gasteiger partial charge in [-0.1, -0.05) is 0 Å². The maximum Gasteiger partial charge on any atom is 0.413 e. The van der Waals surface area contributed by atoms with Gasteiger partial charge in [0.2, 0.25) is 5.91 Å². The Morgan fingerprint density at radius 3 is 2.21 bits per heavy atom. The van der Waals surface area contributed by atoms with Gasteiger partial charge in [0.05, 0.1) is 12.0 Å². The molecule has 4 saturated carbocycles. The van der Waals surface area contributed by atoms with Gasteiger partial charge in [0.25, 0.3) is 5.91 Å². The summed E-state index contributed by atoms with van der Waals surface area (Å²) in [5.41, 5.74) is -0.293. The molecule has 3 amide bonds. The molecule has 8 nitrogen and oxygen atoms in total. The third kappa shape index (κ3) is 3.98. The molecule has 0 aromatic rings. The highest BCUT2D eigenvalue weighted by Crippen LogP contribution is 2.60. The molecule has 5 aliphatic rings. The topological polar surface area (TPSA) is 102 Å². The molecule has 0 radical (unpaired) electrons. The standard InChI is InChI=1S/C21H30N2O6/c1-2-28-20(27)22-17(24)12-29-18(25)16-4-3-5-23(16)19(26)21-9-13-6-14(10-21)8-15(7-13)11-21/h13-16H,2-12H2,1H3,(H,22,24,27)/t13?,14?,15?,16-,21?/m0/s1. The van der Waals surface area contributed by atoms with Crippen LogP contribution in [0.5, 0.6) is 0 Å². The van der Waals surface area contributed by atoms with Crippen LogP contribution in [-0.2, 0) is 23.9 Å². The Kier molecular flexibility index (Phi) is 5.53. The lowest BCUT2D eigenvalue weighted by atomic mass is 9.49. The van der Waals surface area contributed by atoms with Crippen molar-refractivity contribution in [2.75, 3.05) is 19.8 Å². The molecule has 1 heterocycles. The number of carbonyl (C=O) groups excluding carboxylic acids is 4. The van der Waals surface area contributed by atoms with Gasteiger partial charge in [-0.2, -0.15) is 0 Å². The highest BCUT2D eigenvalue weighted by molar-refractivity contribution is 5.94.